The van der Waals surface area contributed by atoms with Crippen molar-refractivity contribution >= 4 is 15.9 Å². The molecule has 29 heavy (non-hydrogen) atoms. The molecule has 0 saturated carbocycles. The molecular formula is C22H33N3O3S. The van der Waals surface area contributed by atoms with Crippen molar-refractivity contribution in [2.24, 2.45) is 13.0 Å². The Hall–Kier alpha value is -2.12. The van der Waals surface area contributed by atoms with Crippen molar-refractivity contribution in [1.82, 2.24) is 13.8 Å². The first-order valence-corrected chi connectivity index (χ1v) is 11.6. The highest BCUT2D eigenvalue weighted by Gasteiger charge is 2.32. The van der Waals surface area contributed by atoms with Gasteiger partial charge >= 0.3 is 0 Å². The van der Waals surface area contributed by atoms with Crippen molar-refractivity contribution in [1.29, 1.82) is 0 Å². The predicted molar refractivity (Wildman–Crippen MR) is 116 cm³/mol. The van der Waals surface area contributed by atoms with E-state index in [2.05, 4.69) is 13.8 Å². The first-order chi connectivity index (χ1) is 13.7. The highest BCUT2D eigenvalue weighted by atomic mass is 32.2. The standard InChI is InChI=1S/C22H33N3O3S/c1-6-19(4)25(29(27,28)21-12-8-7-9-13-21)17-22(26)24(15-18(2)3)16-20-11-10-14-23(20)5/h7-14,18-19H,6,15-17H2,1-5H3/t19-/m0/s1. The van der Waals surface area contributed by atoms with Crippen LogP contribution >= 0.6 is 0 Å². The Morgan fingerprint density at radius 2 is 1.72 bits per heavy atom. The van der Waals surface area contributed by atoms with E-state index in [9.17, 15) is 13.2 Å². The fourth-order valence-corrected chi connectivity index (χ4v) is 4.87. The van der Waals surface area contributed by atoms with Crippen LogP contribution in [0.5, 0.6) is 0 Å². The molecule has 0 N–H and O–H groups in total. The maximum absolute atomic E-state index is 13.2. The molecule has 0 aliphatic rings. The fraction of sp³-hybridized carbons (Fsp3) is 0.500. The molecule has 0 aliphatic heterocycles. The first-order valence-electron chi connectivity index (χ1n) is 10.1. The van der Waals surface area contributed by atoms with Crippen LogP contribution in [0.3, 0.4) is 0 Å². The molecule has 6 nitrogen and oxygen atoms in total. The van der Waals surface area contributed by atoms with Crippen LogP contribution in [-0.4, -0.2) is 47.2 Å². The molecule has 2 rings (SSSR count). The molecule has 0 bridgehead atoms. The average Bonchev–Trinajstić information content (AvgIpc) is 3.09. The van der Waals surface area contributed by atoms with Crippen LogP contribution in [0.15, 0.2) is 53.6 Å². The van der Waals surface area contributed by atoms with Gasteiger partial charge in [0.2, 0.25) is 15.9 Å². The van der Waals surface area contributed by atoms with E-state index in [0.717, 1.165) is 5.69 Å². The average molecular weight is 420 g/mol. The first kappa shape index (κ1) is 23.2. The fourth-order valence-electron chi connectivity index (χ4n) is 3.19. The number of nitrogens with zero attached hydrogens (tertiary/aromatic N) is 3. The Morgan fingerprint density at radius 3 is 2.24 bits per heavy atom. The molecule has 1 amide bonds. The van der Waals surface area contributed by atoms with E-state index in [1.54, 1.807) is 35.2 Å². The molecule has 1 aromatic carbocycles. The molecule has 1 aromatic heterocycles. The molecule has 1 atom stereocenters. The summed E-state index contributed by atoms with van der Waals surface area (Å²) in [5, 5.41) is 0. The number of aryl methyl sites for hydroxylation is 1. The molecule has 1 heterocycles. The van der Waals surface area contributed by atoms with Gasteiger partial charge in [-0.2, -0.15) is 4.31 Å². The van der Waals surface area contributed by atoms with E-state index >= 15 is 0 Å². The van der Waals surface area contributed by atoms with E-state index in [1.165, 1.54) is 4.31 Å². The third kappa shape index (κ3) is 5.93. The van der Waals surface area contributed by atoms with Crippen LogP contribution in [0.2, 0.25) is 0 Å². The van der Waals surface area contributed by atoms with Crippen LogP contribution < -0.4 is 0 Å². The topological polar surface area (TPSA) is 62.6 Å². The molecular weight excluding hydrogens is 386 g/mol. The van der Waals surface area contributed by atoms with E-state index in [0.29, 0.717) is 19.5 Å². The quantitative estimate of drug-likeness (QED) is 0.592. The molecule has 0 unspecified atom stereocenters. The molecule has 0 spiro atoms. The largest absolute Gasteiger partial charge is 0.353 e. The van der Waals surface area contributed by atoms with Gasteiger partial charge in [-0.3, -0.25) is 4.79 Å². The lowest BCUT2D eigenvalue weighted by Gasteiger charge is -2.31. The molecule has 2 aromatic rings. The SMILES string of the molecule is CC[C@H](C)N(CC(=O)N(Cc1cccn1C)CC(C)C)S(=O)(=O)c1ccccc1. The zero-order chi connectivity index (χ0) is 21.6. The van der Waals surface area contributed by atoms with E-state index in [1.807, 2.05) is 43.8 Å². The van der Waals surface area contributed by atoms with Crippen molar-refractivity contribution < 1.29 is 13.2 Å². The number of benzene rings is 1. The van der Waals surface area contributed by atoms with Crippen LogP contribution in [-0.2, 0) is 28.4 Å². The number of hydrogen-bond donors (Lipinski definition) is 0. The summed E-state index contributed by atoms with van der Waals surface area (Å²) in [5.41, 5.74) is 1.01. The van der Waals surface area contributed by atoms with Gasteiger partial charge in [0.05, 0.1) is 18.0 Å². The summed E-state index contributed by atoms with van der Waals surface area (Å²) < 4.78 is 29.8. The summed E-state index contributed by atoms with van der Waals surface area (Å²) in [4.78, 5) is 15.2. The van der Waals surface area contributed by atoms with Crippen LogP contribution in [0.25, 0.3) is 0 Å². The molecule has 0 saturated heterocycles. The van der Waals surface area contributed by atoms with Gasteiger partial charge in [0.25, 0.3) is 0 Å². The minimum Gasteiger partial charge on any atom is -0.353 e. The van der Waals surface area contributed by atoms with Crippen LogP contribution in [0.4, 0.5) is 0 Å². The number of carbonyl (C=O) groups excluding carboxylic acids is 1. The number of hydrogen-bond acceptors (Lipinski definition) is 3. The Morgan fingerprint density at radius 1 is 1.07 bits per heavy atom. The van der Waals surface area contributed by atoms with Crippen molar-refractivity contribution in [3.05, 3.63) is 54.4 Å². The lowest BCUT2D eigenvalue weighted by molar-refractivity contribution is -0.133. The summed E-state index contributed by atoms with van der Waals surface area (Å²) in [6, 6.07) is 12.0. The zero-order valence-corrected chi connectivity index (χ0v) is 18.9. The Bertz CT molecular complexity index is 891. The summed E-state index contributed by atoms with van der Waals surface area (Å²) in [6.45, 7) is 8.75. The minimum atomic E-state index is -3.76. The minimum absolute atomic E-state index is 0.163. The normalized spacial score (nSPS) is 13.1. The number of carbonyl (C=O) groups is 1. The maximum Gasteiger partial charge on any atom is 0.243 e. The van der Waals surface area contributed by atoms with Crippen LogP contribution in [0, 0.1) is 5.92 Å². The highest BCUT2D eigenvalue weighted by Crippen LogP contribution is 2.20. The lowest BCUT2D eigenvalue weighted by Crippen LogP contribution is -2.47. The number of rotatable bonds is 10. The number of aromatic nitrogens is 1. The third-order valence-electron chi connectivity index (χ3n) is 5.07. The highest BCUT2D eigenvalue weighted by molar-refractivity contribution is 7.89. The summed E-state index contributed by atoms with van der Waals surface area (Å²) in [6.07, 6.45) is 2.57. The molecule has 160 valence electrons. The van der Waals surface area contributed by atoms with Crippen molar-refractivity contribution in [3.63, 3.8) is 0 Å². The second-order valence-corrected chi connectivity index (χ2v) is 9.79. The summed E-state index contributed by atoms with van der Waals surface area (Å²) >= 11 is 0. The molecule has 0 radical (unpaired) electrons. The lowest BCUT2D eigenvalue weighted by atomic mass is 10.2. The van der Waals surface area contributed by atoms with Gasteiger partial charge in [-0.1, -0.05) is 39.0 Å². The smallest absolute Gasteiger partial charge is 0.243 e. The Labute approximate surface area is 175 Å². The second-order valence-electron chi connectivity index (χ2n) is 7.90. The van der Waals surface area contributed by atoms with Gasteiger partial charge in [0.1, 0.15) is 0 Å². The van der Waals surface area contributed by atoms with E-state index < -0.39 is 10.0 Å². The number of sulfonamides is 1. The van der Waals surface area contributed by atoms with Gasteiger partial charge in [-0.05, 0) is 43.5 Å². The van der Waals surface area contributed by atoms with Crippen molar-refractivity contribution in [2.45, 2.75) is 51.6 Å². The Balaban J connectivity index is 2.30. The van der Waals surface area contributed by atoms with Gasteiger partial charge in [0.15, 0.2) is 0 Å². The number of amides is 1. The van der Waals surface area contributed by atoms with Gasteiger partial charge in [0, 0.05) is 31.5 Å². The monoisotopic (exact) mass is 419 g/mol. The van der Waals surface area contributed by atoms with Gasteiger partial charge in [-0.25, -0.2) is 8.42 Å². The van der Waals surface area contributed by atoms with Gasteiger partial charge in [-0.15, -0.1) is 0 Å². The summed E-state index contributed by atoms with van der Waals surface area (Å²) in [5.74, 6) is 0.0988. The second kappa shape index (κ2) is 10.1. The van der Waals surface area contributed by atoms with Crippen LogP contribution in [0.1, 0.15) is 39.8 Å². The summed E-state index contributed by atoms with van der Waals surface area (Å²) in [7, 11) is -1.82. The third-order valence-corrected chi connectivity index (χ3v) is 7.04. The predicted octanol–water partition coefficient (Wildman–Crippen LogP) is 3.50. The van der Waals surface area contributed by atoms with E-state index in [-0.39, 0.29) is 29.3 Å². The van der Waals surface area contributed by atoms with Gasteiger partial charge < -0.3 is 9.47 Å². The molecule has 0 aliphatic carbocycles. The maximum atomic E-state index is 13.2. The molecule has 7 heteroatoms. The van der Waals surface area contributed by atoms with Crippen molar-refractivity contribution in [3.8, 4) is 0 Å². The van der Waals surface area contributed by atoms with Crippen molar-refractivity contribution in [2.75, 3.05) is 13.1 Å². The zero-order valence-electron chi connectivity index (χ0n) is 18.1. The van der Waals surface area contributed by atoms with E-state index in [4.69, 9.17) is 0 Å². The Kier molecular flexibility index (Phi) is 8.05. The molecule has 0 fully saturated rings.